The van der Waals surface area contributed by atoms with Gasteiger partial charge in [0.1, 0.15) is 30.5 Å². The quantitative estimate of drug-likeness (QED) is 0.172. The third-order valence-corrected chi connectivity index (χ3v) is 6.32. The summed E-state index contributed by atoms with van der Waals surface area (Å²) in [6.07, 6.45) is 8.84. The summed E-state index contributed by atoms with van der Waals surface area (Å²) in [4.78, 5) is 12.0. The summed E-state index contributed by atoms with van der Waals surface area (Å²) in [6, 6.07) is 0. The summed E-state index contributed by atoms with van der Waals surface area (Å²) in [5.41, 5.74) is 0. The average molecular weight is 447 g/mol. The van der Waals surface area contributed by atoms with Gasteiger partial charge < -0.3 is 30.3 Å². The Bertz CT molecular complexity index is 443. The van der Waals surface area contributed by atoms with Gasteiger partial charge in [-0.1, -0.05) is 96.8 Å². The zero-order valence-electron chi connectivity index (χ0n) is 19.3. The molecular weight excluding hydrogens is 400 g/mol. The Kier molecular flexibility index (Phi) is 15.4. The molecule has 7 heteroatoms. The monoisotopic (exact) mass is 446 g/mol. The van der Waals surface area contributed by atoms with Crippen LogP contribution in [0.5, 0.6) is 0 Å². The van der Waals surface area contributed by atoms with Crippen LogP contribution in [0.4, 0.5) is 0 Å². The Hall–Kier alpha value is -0.730. The fraction of sp³-hybridized carbons (Fsp3) is 0.958. The molecule has 31 heavy (non-hydrogen) atoms. The van der Waals surface area contributed by atoms with Crippen LogP contribution >= 0.6 is 0 Å². The van der Waals surface area contributed by atoms with E-state index in [9.17, 15) is 30.3 Å². The minimum atomic E-state index is -1.68. The highest BCUT2D eigenvalue weighted by atomic mass is 16.6. The van der Waals surface area contributed by atoms with Crippen LogP contribution in [0.15, 0.2) is 0 Å². The van der Waals surface area contributed by atoms with Crippen molar-refractivity contribution in [2.75, 3.05) is 0 Å². The molecule has 7 nitrogen and oxygen atoms in total. The molecule has 184 valence electrons. The number of carbonyl (C=O) groups excluding carboxylic acids is 1. The zero-order chi connectivity index (χ0) is 23.1. The summed E-state index contributed by atoms with van der Waals surface area (Å²) in [5.74, 6) is -0.589. The number of aliphatic hydroxyl groups excluding tert-OH is 5. The molecule has 0 aromatic heterocycles. The van der Waals surface area contributed by atoms with Gasteiger partial charge in [0.15, 0.2) is 6.10 Å². The lowest BCUT2D eigenvalue weighted by Gasteiger charge is -2.41. The molecule has 0 aromatic carbocycles. The highest BCUT2D eigenvalue weighted by molar-refractivity contribution is 5.69. The first-order valence-electron chi connectivity index (χ1n) is 12.5. The van der Waals surface area contributed by atoms with Gasteiger partial charge >= 0.3 is 5.97 Å². The van der Waals surface area contributed by atoms with Crippen LogP contribution in [0, 0.1) is 0 Å². The number of aliphatic hydroxyl groups is 5. The zero-order valence-corrected chi connectivity index (χ0v) is 19.3. The first-order valence-corrected chi connectivity index (χ1v) is 12.5. The number of hydrogen-bond donors (Lipinski definition) is 5. The molecule has 1 rings (SSSR count). The van der Waals surface area contributed by atoms with E-state index in [4.69, 9.17) is 4.74 Å². The standard InChI is InChI=1S/C24H46O7/c1-2-3-4-5-6-7-8-9-10-11-12-13-14-15-16-17-18(25)31-24-22(29)20(27)19(26)21(28)23(24)30/h19-24,26-30H,2-17H2,1H3/t19-,20-,21+,22-,23-,24-/m0/s1. The summed E-state index contributed by atoms with van der Waals surface area (Å²) < 4.78 is 5.05. The molecule has 1 fully saturated rings. The molecule has 1 aliphatic rings. The van der Waals surface area contributed by atoms with E-state index in [0.717, 1.165) is 19.3 Å². The van der Waals surface area contributed by atoms with Crippen molar-refractivity contribution in [2.24, 2.45) is 0 Å². The van der Waals surface area contributed by atoms with Crippen molar-refractivity contribution in [3.05, 3.63) is 0 Å². The van der Waals surface area contributed by atoms with Gasteiger partial charge in [-0.2, -0.15) is 0 Å². The molecule has 6 atom stereocenters. The van der Waals surface area contributed by atoms with Gasteiger partial charge in [-0.15, -0.1) is 0 Å². The number of hydrogen-bond acceptors (Lipinski definition) is 7. The Labute approximate surface area is 187 Å². The highest BCUT2D eigenvalue weighted by Crippen LogP contribution is 2.24. The molecule has 0 aliphatic heterocycles. The van der Waals surface area contributed by atoms with Crippen molar-refractivity contribution < 1.29 is 35.1 Å². The van der Waals surface area contributed by atoms with Crippen molar-refractivity contribution >= 4 is 5.97 Å². The van der Waals surface area contributed by atoms with E-state index in [1.165, 1.54) is 70.6 Å². The van der Waals surface area contributed by atoms with Crippen molar-refractivity contribution in [1.82, 2.24) is 0 Å². The molecule has 0 spiro atoms. The molecule has 1 saturated carbocycles. The summed E-state index contributed by atoms with van der Waals surface area (Å²) in [6.45, 7) is 2.25. The Morgan fingerprint density at radius 3 is 1.26 bits per heavy atom. The van der Waals surface area contributed by atoms with Crippen LogP contribution in [-0.4, -0.2) is 68.1 Å². The molecule has 0 bridgehead atoms. The van der Waals surface area contributed by atoms with E-state index in [2.05, 4.69) is 6.92 Å². The predicted molar refractivity (Wildman–Crippen MR) is 119 cm³/mol. The van der Waals surface area contributed by atoms with Crippen LogP contribution in [-0.2, 0) is 9.53 Å². The van der Waals surface area contributed by atoms with Gasteiger partial charge in [0.05, 0.1) is 0 Å². The van der Waals surface area contributed by atoms with Crippen LogP contribution in [0.25, 0.3) is 0 Å². The Balaban J connectivity index is 1.97. The highest BCUT2D eigenvalue weighted by Gasteiger charge is 2.50. The fourth-order valence-electron chi connectivity index (χ4n) is 4.19. The van der Waals surface area contributed by atoms with Gasteiger partial charge in [-0.05, 0) is 6.42 Å². The van der Waals surface area contributed by atoms with Gasteiger partial charge in [0.2, 0.25) is 0 Å². The minimum Gasteiger partial charge on any atom is -0.457 e. The van der Waals surface area contributed by atoms with E-state index in [1.54, 1.807) is 0 Å². The van der Waals surface area contributed by atoms with E-state index >= 15 is 0 Å². The Morgan fingerprint density at radius 1 is 0.548 bits per heavy atom. The summed E-state index contributed by atoms with van der Waals surface area (Å²) in [7, 11) is 0. The summed E-state index contributed by atoms with van der Waals surface area (Å²) in [5, 5.41) is 48.7. The van der Waals surface area contributed by atoms with Crippen LogP contribution < -0.4 is 0 Å². The number of carbonyl (C=O) groups is 1. The fourth-order valence-corrected chi connectivity index (χ4v) is 4.19. The van der Waals surface area contributed by atoms with Crippen molar-refractivity contribution in [3.63, 3.8) is 0 Å². The Morgan fingerprint density at radius 2 is 0.871 bits per heavy atom. The van der Waals surface area contributed by atoms with Crippen LogP contribution in [0.3, 0.4) is 0 Å². The topological polar surface area (TPSA) is 127 Å². The van der Waals surface area contributed by atoms with Crippen LogP contribution in [0.2, 0.25) is 0 Å². The number of unbranched alkanes of at least 4 members (excludes halogenated alkanes) is 14. The van der Waals surface area contributed by atoms with Gasteiger partial charge in [-0.25, -0.2) is 0 Å². The van der Waals surface area contributed by atoms with Gasteiger partial charge in [0, 0.05) is 6.42 Å². The minimum absolute atomic E-state index is 0.156. The molecule has 0 heterocycles. The van der Waals surface area contributed by atoms with Crippen molar-refractivity contribution in [2.45, 2.75) is 146 Å². The molecule has 1 aliphatic carbocycles. The second-order valence-electron chi connectivity index (χ2n) is 9.11. The third kappa shape index (κ3) is 11.1. The molecule has 0 unspecified atom stereocenters. The van der Waals surface area contributed by atoms with Crippen LogP contribution in [0.1, 0.15) is 110 Å². The first kappa shape index (κ1) is 28.3. The second-order valence-corrected chi connectivity index (χ2v) is 9.11. The molecular formula is C24H46O7. The molecule has 0 saturated heterocycles. The smallest absolute Gasteiger partial charge is 0.306 e. The first-order chi connectivity index (χ1) is 14.9. The lowest BCUT2D eigenvalue weighted by atomic mass is 9.85. The third-order valence-electron chi connectivity index (χ3n) is 6.32. The van der Waals surface area contributed by atoms with E-state index < -0.39 is 42.6 Å². The second kappa shape index (κ2) is 16.8. The van der Waals surface area contributed by atoms with Gasteiger partial charge in [0.25, 0.3) is 0 Å². The van der Waals surface area contributed by atoms with E-state index in [0.29, 0.717) is 6.42 Å². The number of ether oxygens (including phenoxy) is 1. The maximum atomic E-state index is 12.0. The summed E-state index contributed by atoms with van der Waals surface area (Å²) >= 11 is 0. The molecule has 5 N–H and O–H groups in total. The normalized spacial score (nSPS) is 28.6. The lowest BCUT2D eigenvalue weighted by molar-refractivity contribution is -0.233. The van der Waals surface area contributed by atoms with Gasteiger partial charge in [-0.3, -0.25) is 4.79 Å². The number of rotatable bonds is 17. The SMILES string of the molecule is CCCCCCCCCCCCCCCCCC(=O)O[C@@H]1[C@@H](O)[C@H](O)[C@@H](O)[C@H](O)[C@@H]1O. The predicted octanol–water partition coefficient (Wildman–Crippen LogP) is 2.98. The molecule has 0 aromatic rings. The van der Waals surface area contributed by atoms with Crippen molar-refractivity contribution in [1.29, 1.82) is 0 Å². The van der Waals surface area contributed by atoms with Crippen molar-refractivity contribution in [3.8, 4) is 0 Å². The molecule has 0 amide bonds. The van der Waals surface area contributed by atoms with E-state index in [-0.39, 0.29) is 6.42 Å². The van der Waals surface area contributed by atoms with E-state index in [1.807, 2.05) is 0 Å². The number of esters is 1. The average Bonchev–Trinajstić information content (AvgIpc) is 2.76. The maximum Gasteiger partial charge on any atom is 0.306 e. The molecule has 0 radical (unpaired) electrons. The largest absolute Gasteiger partial charge is 0.457 e. The maximum absolute atomic E-state index is 12.0. The lowest BCUT2D eigenvalue weighted by Crippen LogP contribution is -2.64.